The molecule has 94 valence electrons. The molecule has 0 heterocycles. The Hall–Kier alpha value is -1.59. The van der Waals surface area contributed by atoms with Gasteiger partial charge in [0, 0.05) is 13.7 Å². The summed E-state index contributed by atoms with van der Waals surface area (Å²) in [5.41, 5.74) is 6.14. The summed E-state index contributed by atoms with van der Waals surface area (Å²) in [5, 5.41) is 3.03. The molecule has 0 aliphatic carbocycles. The largest absolute Gasteiger partial charge is 0.497 e. The molecular formula is C12H18N2O3. The first-order chi connectivity index (χ1) is 8.19. The quantitative estimate of drug-likeness (QED) is 0.677. The van der Waals surface area contributed by atoms with Crippen molar-refractivity contribution in [3.8, 4) is 5.75 Å². The summed E-state index contributed by atoms with van der Waals surface area (Å²) in [6.45, 7) is 1.08. The Labute approximate surface area is 101 Å². The van der Waals surface area contributed by atoms with E-state index in [2.05, 4.69) is 5.32 Å². The molecule has 1 amide bonds. The van der Waals surface area contributed by atoms with Crippen molar-refractivity contribution in [3.63, 3.8) is 0 Å². The minimum absolute atomic E-state index is 0.422. The Kier molecular flexibility index (Phi) is 5.45. The van der Waals surface area contributed by atoms with E-state index in [0.29, 0.717) is 18.9 Å². The Morgan fingerprint density at radius 3 is 2.82 bits per heavy atom. The fourth-order valence-electron chi connectivity index (χ4n) is 1.51. The van der Waals surface area contributed by atoms with E-state index in [-0.39, 0.29) is 0 Å². The zero-order valence-corrected chi connectivity index (χ0v) is 10.1. The summed E-state index contributed by atoms with van der Waals surface area (Å²) in [6, 6.07) is 6.73. The van der Waals surface area contributed by atoms with Gasteiger partial charge in [0.2, 0.25) is 5.91 Å². The third-order valence-corrected chi connectivity index (χ3v) is 2.37. The molecule has 1 aromatic rings. The molecule has 0 aliphatic heterocycles. The molecule has 1 rings (SSSR count). The SMILES string of the molecule is COCCNC(C(N)=O)c1cccc(OC)c1. The van der Waals surface area contributed by atoms with Gasteiger partial charge in [-0.05, 0) is 17.7 Å². The lowest BCUT2D eigenvalue weighted by molar-refractivity contribution is -0.120. The summed E-state index contributed by atoms with van der Waals surface area (Å²) < 4.78 is 10.0. The fraction of sp³-hybridized carbons (Fsp3) is 0.417. The highest BCUT2D eigenvalue weighted by atomic mass is 16.5. The van der Waals surface area contributed by atoms with E-state index >= 15 is 0 Å². The normalized spacial score (nSPS) is 12.1. The number of hydrogen-bond acceptors (Lipinski definition) is 4. The van der Waals surface area contributed by atoms with E-state index in [1.165, 1.54) is 0 Å². The van der Waals surface area contributed by atoms with Gasteiger partial charge in [0.15, 0.2) is 0 Å². The molecule has 1 atom stereocenters. The van der Waals surface area contributed by atoms with Gasteiger partial charge < -0.3 is 15.2 Å². The molecular weight excluding hydrogens is 220 g/mol. The highest BCUT2D eigenvalue weighted by molar-refractivity contribution is 5.81. The number of nitrogens with two attached hydrogens (primary N) is 1. The molecule has 17 heavy (non-hydrogen) atoms. The van der Waals surface area contributed by atoms with Crippen LogP contribution in [-0.2, 0) is 9.53 Å². The molecule has 0 bridgehead atoms. The molecule has 0 spiro atoms. The molecule has 0 radical (unpaired) electrons. The predicted molar refractivity (Wildman–Crippen MR) is 64.8 cm³/mol. The van der Waals surface area contributed by atoms with Crippen LogP contribution in [0.3, 0.4) is 0 Å². The summed E-state index contributed by atoms with van der Waals surface area (Å²) >= 11 is 0. The van der Waals surface area contributed by atoms with Gasteiger partial charge in [0.25, 0.3) is 0 Å². The minimum atomic E-state index is -0.528. The molecule has 5 nitrogen and oxygen atoms in total. The molecule has 1 unspecified atom stereocenters. The Bertz CT molecular complexity index is 369. The molecule has 0 aliphatic rings. The average molecular weight is 238 g/mol. The molecule has 1 aromatic carbocycles. The van der Waals surface area contributed by atoms with Crippen LogP contribution in [0.1, 0.15) is 11.6 Å². The minimum Gasteiger partial charge on any atom is -0.497 e. The number of methoxy groups -OCH3 is 2. The van der Waals surface area contributed by atoms with Gasteiger partial charge in [-0.15, -0.1) is 0 Å². The predicted octanol–water partition coefficient (Wildman–Crippen LogP) is 0.458. The van der Waals surface area contributed by atoms with Crippen LogP contribution in [0.25, 0.3) is 0 Å². The zero-order valence-electron chi connectivity index (χ0n) is 10.1. The standard InChI is InChI=1S/C12H18N2O3/c1-16-7-6-14-11(12(13)15)9-4-3-5-10(8-9)17-2/h3-5,8,11,14H,6-7H2,1-2H3,(H2,13,15). The van der Waals surface area contributed by atoms with E-state index < -0.39 is 11.9 Å². The van der Waals surface area contributed by atoms with Gasteiger partial charge >= 0.3 is 0 Å². The van der Waals surface area contributed by atoms with Crippen molar-refractivity contribution < 1.29 is 14.3 Å². The Balaban J connectivity index is 2.78. The van der Waals surface area contributed by atoms with E-state index in [1.807, 2.05) is 18.2 Å². The summed E-state index contributed by atoms with van der Waals surface area (Å²) in [7, 11) is 3.18. The Morgan fingerprint density at radius 1 is 1.47 bits per heavy atom. The van der Waals surface area contributed by atoms with E-state index in [0.717, 1.165) is 5.56 Å². The molecule has 0 saturated carbocycles. The number of carbonyl (C=O) groups is 1. The van der Waals surface area contributed by atoms with Crippen LogP contribution < -0.4 is 15.8 Å². The highest BCUT2D eigenvalue weighted by Crippen LogP contribution is 2.18. The van der Waals surface area contributed by atoms with Gasteiger partial charge in [-0.1, -0.05) is 12.1 Å². The van der Waals surface area contributed by atoms with Crippen LogP contribution in [0.4, 0.5) is 0 Å². The van der Waals surface area contributed by atoms with Crippen LogP contribution in [0.2, 0.25) is 0 Å². The second-order valence-corrected chi connectivity index (χ2v) is 3.56. The lowest BCUT2D eigenvalue weighted by atomic mass is 10.1. The van der Waals surface area contributed by atoms with Crippen LogP contribution in [0.15, 0.2) is 24.3 Å². The number of nitrogens with one attached hydrogen (secondary N) is 1. The number of rotatable bonds is 7. The summed E-state index contributed by atoms with van der Waals surface area (Å²) in [4.78, 5) is 11.4. The maximum Gasteiger partial charge on any atom is 0.239 e. The van der Waals surface area contributed by atoms with E-state index in [1.54, 1.807) is 20.3 Å². The smallest absolute Gasteiger partial charge is 0.239 e. The third kappa shape index (κ3) is 4.05. The molecule has 0 aromatic heterocycles. The van der Waals surface area contributed by atoms with Crippen LogP contribution in [0.5, 0.6) is 5.75 Å². The van der Waals surface area contributed by atoms with E-state index in [9.17, 15) is 4.79 Å². The van der Waals surface area contributed by atoms with Gasteiger partial charge in [-0.3, -0.25) is 10.1 Å². The van der Waals surface area contributed by atoms with Crippen molar-refractivity contribution in [2.45, 2.75) is 6.04 Å². The first kappa shape index (κ1) is 13.5. The van der Waals surface area contributed by atoms with Crippen molar-refractivity contribution in [1.82, 2.24) is 5.32 Å². The van der Waals surface area contributed by atoms with Crippen molar-refractivity contribution >= 4 is 5.91 Å². The number of primary amides is 1. The molecule has 0 fully saturated rings. The fourth-order valence-corrected chi connectivity index (χ4v) is 1.51. The van der Waals surface area contributed by atoms with Gasteiger partial charge in [0.05, 0.1) is 13.7 Å². The number of ether oxygens (including phenoxy) is 2. The monoisotopic (exact) mass is 238 g/mol. The molecule has 3 N–H and O–H groups in total. The van der Waals surface area contributed by atoms with Crippen LogP contribution in [-0.4, -0.2) is 33.3 Å². The van der Waals surface area contributed by atoms with Gasteiger partial charge in [-0.25, -0.2) is 0 Å². The highest BCUT2D eigenvalue weighted by Gasteiger charge is 2.17. The number of carbonyl (C=O) groups excluding carboxylic acids is 1. The van der Waals surface area contributed by atoms with Crippen molar-refractivity contribution in [1.29, 1.82) is 0 Å². The summed E-state index contributed by atoms with van der Waals surface area (Å²) in [5.74, 6) is 0.275. The number of hydrogen-bond donors (Lipinski definition) is 2. The molecule has 5 heteroatoms. The second-order valence-electron chi connectivity index (χ2n) is 3.56. The van der Waals surface area contributed by atoms with Crippen molar-refractivity contribution in [2.75, 3.05) is 27.4 Å². The van der Waals surface area contributed by atoms with Gasteiger partial charge in [0.1, 0.15) is 11.8 Å². The lowest BCUT2D eigenvalue weighted by Crippen LogP contribution is -2.35. The first-order valence-corrected chi connectivity index (χ1v) is 5.34. The maximum absolute atomic E-state index is 11.4. The zero-order chi connectivity index (χ0) is 12.7. The summed E-state index contributed by atoms with van der Waals surface area (Å²) in [6.07, 6.45) is 0. The number of benzene rings is 1. The average Bonchev–Trinajstić information content (AvgIpc) is 2.34. The van der Waals surface area contributed by atoms with Crippen LogP contribution in [0, 0.1) is 0 Å². The topological polar surface area (TPSA) is 73.6 Å². The number of amides is 1. The maximum atomic E-state index is 11.4. The van der Waals surface area contributed by atoms with E-state index in [4.69, 9.17) is 15.2 Å². The van der Waals surface area contributed by atoms with Crippen molar-refractivity contribution in [2.24, 2.45) is 5.73 Å². The van der Waals surface area contributed by atoms with Crippen LogP contribution >= 0.6 is 0 Å². The Morgan fingerprint density at radius 2 is 2.24 bits per heavy atom. The van der Waals surface area contributed by atoms with Gasteiger partial charge in [-0.2, -0.15) is 0 Å². The van der Waals surface area contributed by atoms with Crippen molar-refractivity contribution in [3.05, 3.63) is 29.8 Å². The third-order valence-electron chi connectivity index (χ3n) is 2.37. The molecule has 0 saturated heterocycles. The second kappa shape index (κ2) is 6.88. The lowest BCUT2D eigenvalue weighted by Gasteiger charge is -2.16. The first-order valence-electron chi connectivity index (χ1n) is 5.34.